The Bertz CT molecular complexity index is 343. The largest absolute Gasteiger partial charge is 0.354 e. The van der Waals surface area contributed by atoms with Gasteiger partial charge in [-0.1, -0.05) is 0 Å². The van der Waals surface area contributed by atoms with Gasteiger partial charge in [-0.05, 0) is 13.5 Å². The fraction of sp³-hybridized carbons (Fsp3) is 0.778. The van der Waals surface area contributed by atoms with Gasteiger partial charge >= 0.3 is 0 Å². The summed E-state index contributed by atoms with van der Waals surface area (Å²) < 4.78 is 0. The van der Waals surface area contributed by atoms with Crippen LogP contribution < -0.4 is 10.6 Å². The molecule has 2 spiro atoms. The molecule has 3 rings (SSSR count). The molecule has 0 aliphatic carbocycles. The van der Waals surface area contributed by atoms with Crippen LogP contribution in [0.5, 0.6) is 0 Å². The molecule has 5 heteroatoms. The van der Waals surface area contributed by atoms with Gasteiger partial charge in [-0.3, -0.25) is 14.5 Å². The lowest BCUT2D eigenvalue weighted by atomic mass is 9.73. The van der Waals surface area contributed by atoms with Gasteiger partial charge in [-0.2, -0.15) is 0 Å². The molecule has 3 fully saturated rings. The average molecular weight is 195 g/mol. The van der Waals surface area contributed by atoms with Gasteiger partial charge in [0.1, 0.15) is 5.54 Å². The lowest BCUT2D eigenvalue weighted by Crippen LogP contribution is -2.70. The Labute approximate surface area is 81.8 Å². The second-order valence-electron chi connectivity index (χ2n) is 4.71. The third-order valence-corrected chi connectivity index (χ3v) is 3.93. The zero-order valence-corrected chi connectivity index (χ0v) is 8.09. The Hall–Kier alpha value is -1.10. The van der Waals surface area contributed by atoms with Crippen LogP contribution in [0.4, 0.5) is 0 Å². The molecule has 76 valence electrons. The van der Waals surface area contributed by atoms with E-state index >= 15 is 0 Å². The first-order chi connectivity index (χ1) is 6.59. The molecule has 2 unspecified atom stereocenters. The first-order valence-electron chi connectivity index (χ1n) is 4.87. The Kier molecular flexibility index (Phi) is 1.24. The number of likely N-dealkylation sites (tertiary alicyclic amines) is 1. The molecular formula is C9H13N3O2. The molecule has 0 radical (unpaired) electrons. The third-order valence-electron chi connectivity index (χ3n) is 3.93. The summed E-state index contributed by atoms with van der Waals surface area (Å²) in [6, 6.07) is 0. The van der Waals surface area contributed by atoms with E-state index in [-0.39, 0.29) is 22.8 Å². The molecule has 5 nitrogen and oxygen atoms in total. The SMILES string of the molecule is CN1CC2(CNC2=O)CC12CNC2=O. The smallest absolute Gasteiger partial charge is 0.242 e. The zero-order chi connectivity index (χ0) is 9.97. The number of β-lactam (4-membered cyclic amide) rings is 2. The average Bonchev–Trinajstić information content (AvgIpc) is 2.52. The van der Waals surface area contributed by atoms with Crippen molar-refractivity contribution in [2.24, 2.45) is 5.41 Å². The topological polar surface area (TPSA) is 61.4 Å². The molecule has 3 aliphatic heterocycles. The van der Waals surface area contributed by atoms with Gasteiger partial charge in [0.25, 0.3) is 0 Å². The molecule has 0 aromatic carbocycles. The second kappa shape index (κ2) is 2.11. The quantitative estimate of drug-likeness (QED) is 0.453. The molecule has 2 amide bonds. The normalized spacial score (nSPS) is 46.1. The number of hydrogen-bond donors (Lipinski definition) is 2. The van der Waals surface area contributed by atoms with Gasteiger partial charge in [0.15, 0.2) is 0 Å². The molecular weight excluding hydrogens is 182 g/mol. The van der Waals surface area contributed by atoms with Crippen LogP contribution in [0.15, 0.2) is 0 Å². The fourth-order valence-electron chi connectivity index (χ4n) is 2.85. The number of nitrogens with zero attached hydrogens (tertiary/aromatic N) is 1. The number of carbonyl (C=O) groups is 2. The van der Waals surface area contributed by atoms with Crippen molar-refractivity contribution in [1.82, 2.24) is 15.5 Å². The maximum absolute atomic E-state index is 11.5. The van der Waals surface area contributed by atoms with Crippen molar-refractivity contribution in [3.05, 3.63) is 0 Å². The third kappa shape index (κ3) is 0.671. The summed E-state index contributed by atoms with van der Waals surface area (Å²) in [5, 5.41) is 5.53. The van der Waals surface area contributed by atoms with Crippen molar-refractivity contribution in [2.75, 3.05) is 26.7 Å². The van der Waals surface area contributed by atoms with E-state index in [1.807, 2.05) is 11.9 Å². The summed E-state index contributed by atoms with van der Waals surface area (Å²) in [6.07, 6.45) is 0.689. The highest BCUT2D eigenvalue weighted by Gasteiger charge is 2.65. The number of likely N-dealkylation sites (N-methyl/N-ethyl adjacent to an activating group) is 1. The molecule has 2 atom stereocenters. The van der Waals surface area contributed by atoms with E-state index in [9.17, 15) is 9.59 Å². The van der Waals surface area contributed by atoms with Crippen molar-refractivity contribution >= 4 is 11.8 Å². The van der Waals surface area contributed by atoms with E-state index < -0.39 is 0 Å². The molecule has 3 saturated heterocycles. The molecule has 3 aliphatic rings. The highest BCUT2D eigenvalue weighted by molar-refractivity contribution is 5.97. The monoisotopic (exact) mass is 195 g/mol. The maximum atomic E-state index is 11.5. The number of carbonyl (C=O) groups excluding carboxylic acids is 2. The molecule has 0 aromatic rings. The van der Waals surface area contributed by atoms with Crippen LogP contribution in [-0.4, -0.2) is 48.9 Å². The molecule has 2 N–H and O–H groups in total. The first kappa shape index (κ1) is 8.23. The minimum Gasteiger partial charge on any atom is -0.354 e. The lowest BCUT2D eigenvalue weighted by molar-refractivity contribution is -0.141. The summed E-state index contributed by atoms with van der Waals surface area (Å²) in [5.74, 6) is 0.192. The second-order valence-corrected chi connectivity index (χ2v) is 4.71. The minimum absolute atomic E-state index is 0.0802. The van der Waals surface area contributed by atoms with Gasteiger partial charge in [-0.25, -0.2) is 0 Å². The highest BCUT2D eigenvalue weighted by atomic mass is 16.2. The van der Waals surface area contributed by atoms with Crippen LogP contribution in [0, 0.1) is 5.41 Å². The molecule has 14 heavy (non-hydrogen) atoms. The van der Waals surface area contributed by atoms with E-state index in [1.54, 1.807) is 0 Å². The van der Waals surface area contributed by atoms with Gasteiger partial charge in [-0.15, -0.1) is 0 Å². The van der Waals surface area contributed by atoms with Crippen LogP contribution in [0.3, 0.4) is 0 Å². The maximum Gasteiger partial charge on any atom is 0.242 e. The Morgan fingerprint density at radius 2 is 1.93 bits per heavy atom. The summed E-state index contributed by atoms with van der Waals surface area (Å²) in [4.78, 5) is 25.0. The van der Waals surface area contributed by atoms with E-state index in [1.165, 1.54) is 0 Å². The zero-order valence-electron chi connectivity index (χ0n) is 8.09. The minimum atomic E-state index is -0.377. The fourth-order valence-corrected chi connectivity index (χ4v) is 2.85. The van der Waals surface area contributed by atoms with Gasteiger partial charge in [0, 0.05) is 19.6 Å². The Morgan fingerprint density at radius 3 is 2.14 bits per heavy atom. The Balaban J connectivity index is 1.92. The van der Waals surface area contributed by atoms with Crippen LogP contribution in [0.25, 0.3) is 0 Å². The van der Waals surface area contributed by atoms with Crippen LogP contribution in [-0.2, 0) is 9.59 Å². The first-order valence-corrected chi connectivity index (χ1v) is 4.87. The predicted molar refractivity (Wildman–Crippen MR) is 48.4 cm³/mol. The summed E-state index contributed by atoms with van der Waals surface area (Å²) >= 11 is 0. The molecule has 0 bridgehead atoms. The van der Waals surface area contributed by atoms with Crippen LogP contribution in [0.2, 0.25) is 0 Å². The van der Waals surface area contributed by atoms with E-state index in [2.05, 4.69) is 10.6 Å². The van der Waals surface area contributed by atoms with Crippen molar-refractivity contribution in [2.45, 2.75) is 12.0 Å². The van der Waals surface area contributed by atoms with Gasteiger partial charge in [0.2, 0.25) is 11.8 Å². The number of hydrogen-bond acceptors (Lipinski definition) is 3. The summed E-state index contributed by atoms with van der Waals surface area (Å²) in [6.45, 7) is 2.13. The van der Waals surface area contributed by atoms with Crippen molar-refractivity contribution in [3.63, 3.8) is 0 Å². The van der Waals surface area contributed by atoms with Crippen LogP contribution in [0.1, 0.15) is 6.42 Å². The molecule has 0 saturated carbocycles. The van der Waals surface area contributed by atoms with Gasteiger partial charge in [0.05, 0.1) is 5.41 Å². The standard InChI is InChI=1S/C9H13N3O2/c1-12-5-8(3-10-6(8)13)2-9(12)4-11-7(9)14/h2-5H2,1H3,(H,10,13)(H,11,14). The van der Waals surface area contributed by atoms with Crippen molar-refractivity contribution in [1.29, 1.82) is 0 Å². The van der Waals surface area contributed by atoms with Gasteiger partial charge < -0.3 is 10.6 Å². The van der Waals surface area contributed by atoms with Crippen molar-refractivity contribution in [3.8, 4) is 0 Å². The number of nitrogens with one attached hydrogen (secondary N) is 2. The number of rotatable bonds is 0. The lowest BCUT2D eigenvalue weighted by Gasteiger charge is -2.43. The summed E-state index contributed by atoms with van der Waals surface area (Å²) in [7, 11) is 1.93. The Morgan fingerprint density at radius 1 is 1.21 bits per heavy atom. The van der Waals surface area contributed by atoms with Crippen LogP contribution >= 0.6 is 0 Å². The van der Waals surface area contributed by atoms with E-state index in [4.69, 9.17) is 0 Å². The summed E-state index contributed by atoms with van der Waals surface area (Å²) in [5.41, 5.74) is -0.649. The van der Waals surface area contributed by atoms with E-state index in [0.717, 1.165) is 6.54 Å². The van der Waals surface area contributed by atoms with E-state index in [0.29, 0.717) is 19.5 Å². The predicted octanol–water partition coefficient (Wildman–Crippen LogP) is -1.69. The number of amides is 2. The molecule has 0 aromatic heterocycles. The molecule has 3 heterocycles. The highest BCUT2D eigenvalue weighted by Crippen LogP contribution is 2.46. The van der Waals surface area contributed by atoms with Crippen molar-refractivity contribution < 1.29 is 9.59 Å².